The fourth-order valence-electron chi connectivity index (χ4n) is 0.310. The van der Waals surface area contributed by atoms with Gasteiger partial charge in [-0.2, -0.15) is 8.78 Å². The topological polar surface area (TPSA) is 26.0 Å². The summed E-state index contributed by atoms with van der Waals surface area (Å²) in [5.74, 6) is 0.476. The second kappa shape index (κ2) is 4.06. The van der Waals surface area contributed by atoms with Gasteiger partial charge in [0.1, 0.15) is 0 Å². The van der Waals surface area contributed by atoms with Crippen LogP contribution < -0.4 is 5.73 Å². The molecule has 0 saturated carbocycles. The molecule has 0 aromatic carbocycles. The Morgan fingerprint density at radius 1 is 1.56 bits per heavy atom. The summed E-state index contributed by atoms with van der Waals surface area (Å²) < 4.78 is 24.4. The number of alkyl halides is 2. The molecule has 4 heteroatoms. The van der Waals surface area contributed by atoms with E-state index in [-0.39, 0.29) is 0 Å². The molecule has 0 aliphatic rings. The van der Waals surface area contributed by atoms with Crippen molar-refractivity contribution in [3.05, 3.63) is 0 Å². The Kier molecular flexibility index (Phi) is 4.14. The first-order valence-corrected chi connectivity index (χ1v) is 3.83. The van der Waals surface area contributed by atoms with E-state index in [4.69, 9.17) is 5.73 Å². The van der Waals surface area contributed by atoms with Crippen molar-refractivity contribution in [1.82, 2.24) is 0 Å². The van der Waals surface area contributed by atoms with Crippen LogP contribution in [0.25, 0.3) is 0 Å². The average molecular weight is 155 g/mol. The molecule has 0 radical (unpaired) electrons. The molecule has 1 nitrogen and oxygen atoms in total. The normalized spacial score (nSPS) is 12.0. The van der Waals surface area contributed by atoms with E-state index in [1.54, 1.807) is 0 Å². The Balaban J connectivity index is 3.33. The Morgan fingerprint density at radius 3 is 2.44 bits per heavy atom. The van der Waals surface area contributed by atoms with Crippen LogP contribution in [0.4, 0.5) is 8.78 Å². The first-order chi connectivity index (χ1) is 4.12. The van der Waals surface area contributed by atoms with Crippen LogP contribution in [0.5, 0.6) is 0 Å². The van der Waals surface area contributed by atoms with Crippen molar-refractivity contribution in [3.63, 3.8) is 0 Å². The lowest BCUT2D eigenvalue weighted by Gasteiger charge is -2.11. The van der Waals surface area contributed by atoms with Crippen LogP contribution in [0.3, 0.4) is 0 Å². The second-order valence-corrected chi connectivity index (χ2v) is 2.98. The van der Waals surface area contributed by atoms with Gasteiger partial charge in [-0.1, -0.05) is 18.7 Å². The van der Waals surface area contributed by atoms with E-state index in [0.29, 0.717) is 17.5 Å². The minimum absolute atomic E-state index is 0.476. The summed E-state index contributed by atoms with van der Waals surface area (Å²) >= 11 is 0.620. The summed E-state index contributed by atoms with van der Waals surface area (Å²) in [6.07, 6.45) is 0.764. The Morgan fingerprint density at radius 2 is 2.11 bits per heavy atom. The molecule has 0 amide bonds. The number of nitrogens with two attached hydrogens (primary N) is 1. The van der Waals surface area contributed by atoms with E-state index in [9.17, 15) is 8.78 Å². The molecule has 0 rings (SSSR count). The zero-order valence-corrected chi connectivity index (χ0v) is 6.18. The average Bonchev–Trinajstić information content (AvgIpc) is 1.84. The molecular weight excluding hydrogens is 144 g/mol. The standard InChI is InChI=1S/C5H11F2NS/c1-2-3-9-5(6,7)4-8/h2-4,8H2,1H3. The fourth-order valence-corrected chi connectivity index (χ4v) is 0.931. The van der Waals surface area contributed by atoms with Gasteiger partial charge in [-0.15, -0.1) is 0 Å². The van der Waals surface area contributed by atoms with Gasteiger partial charge in [0, 0.05) is 0 Å². The van der Waals surface area contributed by atoms with Gasteiger partial charge in [0.25, 0.3) is 0 Å². The Labute approximate surface area is 58.0 Å². The zero-order chi connectivity index (χ0) is 7.33. The van der Waals surface area contributed by atoms with E-state index in [1.807, 2.05) is 6.92 Å². The van der Waals surface area contributed by atoms with Crippen molar-refractivity contribution >= 4 is 11.8 Å². The van der Waals surface area contributed by atoms with Crippen molar-refractivity contribution in [1.29, 1.82) is 0 Å². The van der Waals surface area contributed by atoms with Crippen LogP contribution in [0.15, 0.2) is 0 Å². The summed E-state index contributed by atoms with van der Waals surface area (Å²) in [4.78, 5) is 0. The van der Waals surface area contributed by atoms with Gasteiger partial charge in [-0.3, -0.25) is 0 Å². The van der Waals surface area contributed by atoms with Gasteiger partial charge >= 0.3 is 5.25 Å². The molecule has 0 unspecified atom stereocenters. The van der Waals surface area contributed by atoms with Crippen LogP contribution in [-0.2, 0) is 0 Å². The highest BCUT2D eigenvalue weighted by atomic mass is 32.2. The highest BCUT2D eigenvalue weighted by Gasteiger charge is 2.25. The lowest BCUT2D eigenvalue weighted by atomic mass is 10.6. The molecule has 56 valence electrons. The maximum atomic E-state index is 12.2. The molecule has 0 saturated heterocycles. The first kappa shape index (κ1) is 9.17. The molecular formula is C5H11F2NS. The van der Waals surface area contributed by atoms with E-state index < -0.39 is 11.8 Å². The lowest BCUT2D eigenvalue weighted by Crippen LogP contribution is -2.23. The van der Waals surface area contributed by atoms with E-state index >= 15 is 0 Å². The van der Waals surface area contributed by atoms with Gasteiger partial charge in [0.15, 0.2) is 0 Å². The maximum absolute atomic E-state index is 12.2. The largest absolute Gasteiger partial charge is 0.324 e. The molecule has 0 fully saturated rings. The molecule has 2 N–H and O–H groups in total. The van der Waals surface area contributed by atoms with Gasteiger partial charge < -0.3 is 5.73 Å². The van der Waals surface area contributed by atoms with E-state index in [2.05, 4.69) is 0 Å². The molecule has 0 aliphatic heterocycles. The predicted octanol–water partition coefficient (Wildman–Crippen LogP) is 1.68. The Hall–Kier alpha value is 0.170. The van der Waals surface area contributed by atoms with Crippen LogP contribution in [-0.4, -0.2) is 17.6 Å². The third-order valence-electron chi connectivity index (χ3n) is 0.755. The molecule has 0 atom stereocenters. The summed E-state index contributed by atoms with van der Waals surface area (Å²) in [5, 5.41) is -2.71. The number of halogens is 2. The third-order valence-corrected chi connectivity index (χ3v) is 1.96. The molecule has 0 aliphatic carbocycles. The molecule has 0 aromatic rings. The summed E-state index contributed by atoms with van der Waals surface area (Å²) in [6.45, 7) is 1.30. The van der Waals surface area contributed by atoms with Gasteiger partial charge in [0.2, 0.25) is 0 Å². The van der Waals surface area contributed by atoms with Crippen LogP contribution in [0.2, 0.25) is 0 Å². The molecule has 9 heavy (non-hydrogen) atoms. The van der Waals surface area contributed by atoms with E-state index in [0.717, 1.165) is 6.42 Å². The number of thioether (sulfide) groups is 1. The summed E-state index contributed by atoms with van der Waals surface area (Å²) in [6, 6.07) is 0. The smallest absolute Gasteiger partial charge is 0.305 e. The van der Waals surface area contributed by atoms with Crippen LogP contribution >= 0.6 is 11.8 Å². The minimum Gasteiger partial charge on any atom is -0.324 e. The highest BCUT2D eigenvalue weighted by Crippen LogP contribution is 2.27. The SMILES string of the molecule is CCCSC(F)(F)CN. The summed E-state index contributed by atoms with van der Waals surface area (Å²) in [5.41, 5.74) is 4.78. The number of hydrogen-bond donors (Lipinski definition) is 1. The van der Waals surface area contributed by atoms with Crippen molar-refractivity contribution in [2.24, 2.45) is 5.73 Å². The third kappa shape index (κ3) is 4.66. The van der Waals surface area contributed by atoms with Gasteiger partial charge in [0.05, 0.1) is 6.54 Å². The fraction of sp³-hybridized carbons (Fsp3) is 1.00. The van der Waals surface area contributed by atoms with Crippen LogP contribution in [0, 0.1) is 0 Å². The van der Waals surface area contributed by atoms with Gasteiger partial charge in [-0.05, 0) is 12.2 Å². The quantitative estimate of drug-likeness (QED) is 0.668. The predicted molar refractivity (Wildman–Crippen MR) is 36.8 cm³/mol. The molecule has 0 spiro atoms. The van der Waals surface area contributed by atoms with Crippen molar-refractivity contribution in [2.45, 2.75) is 18.6 Å². The van der Waals surface area contributed by atoms with Gasteiger partial charge in [-0.25, -0.2) is 0 Å². The zero-order valence-electron chi connectivity index (χ0n) is 5.36. The molecule has 0 heterocycles. The lowest BCUT2D eigenvalue weighted by molar-refractivity contribution is 0.116. The van der Waals surface area contributed by atoms with Crippen molar-refractivity contribution in [3.8, 4) is 0 Å². The van der Waals surface area contributed by atoms with Crippen molar-refractivity contribution in [2.75, 3.05) is 12.3 Å². The molecule has 0 aromatic heterocycles. The number of hydrogen-bond acceptors (Lipinski definition) is 2. The van der Waals surface area contributed by atoms with Crippen LogP contribution in [0.1, 0.15) is 13.3 Å². The maximum Gasteiger partial charge on any atom is 0.305 e. The van der Waals surface area contributed by atoms with E-state index in [1.165, 1.54) is 0 Å². The second-order valence-electron chi connectivity index (χ2n) is 1.69. The van der Waals surface area contributed by atoms with Crippen molar-refractivity contribution < 1.29 is 8.78 Å². The Bertz CT molecular complexity index is 77.4. The highest BCUT2D eigenvalue weighted by molar-refractivity contribution is 8.00. The number of rotatable bonds is 4. The first-order valence-electron chi connectivity index (χ1n) is 2.84. The molecule has 0 bridgehead atoms. The summed E-state index contributed by atoms with van der Waals surface area (Å²) in [7, 11) is 0. The minimum atomic E-state index is -2.71. The monoisotopic (exact) mass is 155 g/mol.